The number of ether oxygens (including phenoxy) is 1. The molecule has 0 saturated carbocycles. The molecule has 2 rings (SSSR count). The van der Waals surface area contributed by atoms with Crippen LogP contribution in [0.15, 0.2) is 41.3 Å². The third-order valence-electron chi connectivity index (χ3n) is 3.79. The fourth-order valence-corrected chi connectivity index (χ4v) is 4.12. The molecule has 0 aliphatic rings. The van der Waals surface area contributed by atoms with Gasteiger partial charge in [0.25, 0.3) is 0 Å². The second kappa shape index (κ2) is 9.56. The number of carbonyl (C=O) groups excluding carboxylic acids is 1. The zero-order valence-electron chi connectivity index (χ0n) is 15.8. The van der Waals surface area contributed by atoms with Crippen LogP contribution in [0.4, 0.5) is 32.0 Å². The zero-order chi connectivity index (χ0) is 23.4. The van der Waals surface area contributed by atoms with Crippen LogP contribution in [0.3, 0.4) is 0 Å². The highest BCUT2D eigenvalue weighted by molar-refractivity contribution is 7.89. The third kappa shape index (κ3) is 6.10. The lowest BCUT2D eigenvalue weighted by atomic mass is 10.2. The molecule has 0 fully saturated rings. The highest BCUT2D eigenvalue weighted by Gasteiger charge is 2.36. The Hall–Kier alpha value is -2.80. The van der Waals surface area contributed by atoms with Crippen LogP contribution in [0.2, 0.25) is 0 Å². The number of carbonyl (C=O) groups is 1. The maximum atomic E-state index is 13.7. The van der Waals surface area contributed by atoms with E-state index in [2.05, 4.69) is 4.74 Å². The van der Waals surface area contributed by atoms with Gasteiger partial charge in [-0.05, 0) is 30.7 Å². The molecule has 0 spiro atoms. The molecule has 31 heavy (non-hydrogen) atoms. The first-order chi connectivity index (χ1) is 14.4. The summed E-state index contributed by atoms with van der Waals surface area (Å²) in [5.41, 5.74) is -0.737. The smallest absolute Gasteiger partial charge is 0.404 e. The van der Waals surface area contributed by atoms with E-state index in [4.69, 9.17) is 0 Å². The van der Waals surface area contributed by atoms with Crippen LogP contribution >= 0.6 is 0 Å². The van der Waals surface area contributed by atoms with Crippen LogP contribution in [0.25, 0.3) is 0 Å². The van der Waals surface area contributed by atoms with E-state index < -0.39 is 62.6 Å². The van der Waals surface area contributed by atoms with Crippen molar-refractivity contribution in [3.8, 4) is 5.75 Å². The molecule has 0 bridgehead atoms. The predicted octanol–water partition coefficient (Wildman–Crippen LogP) is 4.04. The van der Waals surface area contributed by atoms with E-state index in [-0.39, 0.29) is 13.0 Å². The van der Waals surface area contributed by atoms with Crippen molar-refractivity contribution in [3.05, 3.63) is 53.8 Å². The van der Waals surface area contributed by atoms with Crippen molar-refractivity contribution in [1.29, 1.82) is 0 Å². The number of benzene rings is 2. The van der Waals surface area contributed by atoms with Crippen molar-refractivity contribution in [2.75, 3.05) is 18.4 Å². The van der Waals surface area contributed by atoms with Gasteiger partial charge in [-0.1, -0.05) is 19.1 Å². The lowest BCUT2D eigenvalue weighted by molar-refractivity contribution is -0.275. The van der Waals surface area contributed by atoms with Gasteiger partial charge in [-0.25, -0.2) is 21.6 Å². The molecule has 1 N–H and O–H groups in total. The third-order valence-corrected chi connectivity index (χ3v) is 5.68. The lowest BCUT2D eigenvalue weighted by Crippen LogP contribution is -2.39. The SMILES string of the molecule is CCCN(CC(=O)Nc1ccc(F)c(F)c1F)S(=O)(=O)c1ccccc1OC(F)(F)F. The number of nitrogens with one attached hydrogen (secondary N) is 1. The number of amides is 1. The molecular formula is C18H16F6N2O4S. The summed E-state index contributed by atoms with van der Waals surface area (Å²) >= 11 is 0. The molecule has 13 heteroatoms. The fourth-order valence-electron chi connectivity index (χ4n) is 2.52. The van der Waals surface area contributed by atoms with E-state index in [9.17, 15) is 39.6 Å². The largest absolute Gasteiger partial charge is 0.573 e. The molecule has 6 nitrogen and oxygen atoms in total. The highest BCUT2D eigenvalue weighted by atomic mass is 32.2. The Morgan fingerprint density at radius 3 is 2.32 bits per heavy atom. The number of anilines is 1. The van der Waals surface area contributed by atoms with Crippen LogP contribution in [-0.2, 0) is 14.8 Å². The van der Waals surface area contributed by atoms with E-state index >= 15 is 0 Å². The van der Waals surface area contributed by atoms with Crippen LogP contribution in [-0.4, -0.2) is 38.1 Å². The second-order valence-corrected chi connectivity index (χ2v) is 8.01. The van der Waals surface area contributed by atoms with Gasteiger partial charge in [0.2, 0.25) is 15.9 Å². The number of para-hydroxylation sites is 1. The maximum absolute atomic E-state index is 13.7. The highest BCUT2D eigenvalue weighted by Crippen LogP contribution is 2.31. The molecule has 2 aromatic carbocycles. The Morgan fingerprint density at radius 2 is 1.71 bits per heavy atom. The Balaban J connectivity index is 2.31. The normalized spacial score (nSPS) is 12.1. The Morgan fingerprint density at radius 1 is 1.06 bits per heavy atom. The average molecular weight is 470 g/mol. The predicted molar refractivity (Wildman–Crippen MR) is 97.1 cm³/mol. The molecule has 170 valence electrons. The van der Waals surface area contributed by atoms with Gasteiger partial charge in [-0.2, -0.15) is 4.31 Å². The lowest BCUT2D eigenvalue weighted by Gasteiger charge is -2.23. The summed E-state index contributed by atoms with van der Waals surface area (Å²) in [6.07, 6.45) is -4.99. The molecular weight excluding hydrogens is 454 g/mol. The zero-order valence-corrected chi connectivity index (χ0v) is 16.7. The summed E-state index contributed by atoms with van der Waals surface area (Å²) in [5.74, 6) is -7.15. The van der Waals surface area contributed by atoms with Gasteiger partial charge in [0.15, 0.2) is 17.5 Å². The van der Waals surface area contributed by atoms with E-state index in [0.29, 0.717) is 10.4 Å². The molecule has 0 saturated heterocycles. The molecule has 0 aliphatic carbocycles. The van der Waals surface area contributed by atoms with Crippen LogP contribution in [0, 0.1) is 17.5 Å². The van der Waals surface area contributed by atoms with Crippen molar-refractivity contribution in [1.82, 2.24) is 4.31 Å². The standard InChI is InChI=1S/C18H16F6N2O4S/c1-2-9-26(10-15(27)25-12-8-7-11(19)16(20)17(12)21)31(28,29)14-6-4-3-5-13(14)30-18(22,23)24/h3-8H,2,9-10H2,1H3,(H,25,27). The first-order valence-electron chi connectivity index (χ1n) is 8.65. The molecule has 2 aromatic rings. The fraction of sp³-hybridized carbons (Fsp3) is 0.278. The summed E-state index contributed by atoms with van der Waals surface area (Å²) in [4.78, 5) is 11.4. The van der Waals surface area contributed by atoms with E-state index in [0.717, 1.165) is 30.3 Å². The minimum Gasteiger partial charge on any atom is -0.404 e. The molecule has 0 heterocycles. The quantitative estimate of drug-likeness (QED) is 0.467. The Bertz CT molecular complexity index is 1060. The van der Waals surface area contributed by atoms with Gasteiger partial charge in [0.05, 0.1) is 12.2 Å². The van der Waals surface area contributed by atoms with E-state index in [1.165, 1.54) is 0 Å². The van der Waals surface area contributed by atoms with E-state index in [1.54, 1.807) is 6.92 Å². The second-order valence-electron chi connectivity index (χ2n) is 6.10. The first kappa shape index (κ1) is 24.5. The molecule has 0 aromatic heterocycles. The summed E-state index contributed by atoms with van der Waals surface area (Å²) in [5, 5.41) is 1.91. The van der Waals surface area contributed by atoms with Crippen molar-refractivity contribution < 1.29 is 44.3 Å². The van der Waals surface area contributed by atoms with Crippen molar-refractivity contribution in [2.24, 2.45) is 0 Å². The first-order valence-corrected chi connectivity index (χ1v) is 10.1. The molecule has 0 atom stereocenters. The summed E-state index contributed by atoms with van der Waals surface area (Å²) in [6, 6.07) is 5.24. The number of hydrogen-bond donors (Lipinski definition) is 1. The number of halogens is 6. The summed E-state index contributed by atoms with van der Waals surface area (Å²) in [6.45, 7) is 0.332. The number of rotatable bonds is 8. The van der Waals surface area contributed by atoms with Gasteiger partial charge in [0.1, 0.15) is 10.6 Å². The number of hydrogen-bond acceptors (Lipinski definition) is 4. The van der Waals surface area contributed by atoms with Crippen molar-refractivity contribution in [2.45, 2.75) is 24.6 Å². The molecule has 1 amide bonds. The van der Waals surface area contributed by atoms with Gasteiger partial charge in [-0.3, -0.25) is 4.79 Å². The molecule has 0 radical (unpaired) electrons. The molecule has 0 aliphatic heterocycles. The topological polar surface area (TPSA) is 75.7 Å². The average Bonchev–Trinajstić information content (AvgIpc) is 2.67. The van der Waals surface area contributed by atoms with Crippen molar-refractivity contribution in [3.63, 3.8) is 0 Å². The molecule has 0 unspecified atom stereocenters. The van der Waals surface area contributed by atoms with Gasteiger partial charge < -0.3 is 10.1 Å². The monoisotopic (exact) mass is 470 g/mol. The van der Waals surface area contributed by atoms with E-state index in [1.807, 2.05) is 5.32 Å². The summed E-state index contributed by atoms with van der Waals surface area (Å²) in [7, 11) is -4.66. The number of alkyl halides is 3. The van der Waals surface area contributed by atoms with Crippen LogP contribution < -0.4 is 10.1 Å². The Kier molecular flexibility index (Phi) is 7.54. The minimum atomic E-state index is -5.16. The summed E-state index contributed by atoms with van der Waals surface area (Å²) < 4.78 is 108. The number of nitrogens with zero attached hydrogens (tertiary/aromatic N) is 1. The van der Waals surface area contributed by atoms with Gasteiger partial charge in [0, 0.05) is 6.54 Å². The number of sulfonamides is 1. The Labute approximate surface area is 173 Å². The minimum absolute atomic E-state index is 0.175. The van der Waals surface area contributed by atoms with Gasteiger partial charge >= 0.3 is 6.36 Å². The maximum Gasteiger partial charge on any atom is 0.573 e. The van der Waals surface area contributed by atoms with Gasteiger partial charge in [-0.15, -0.1) is 13.2 Å². The van der Waals surface area contributed by atoms with Crippen LogP contribution in [0.1, 0.15) is 13.3 Å². The van der Waals surface area contributed by atoms with Crippen LogP contribution in [0.5, 0.6) is 5.75 Å². The van der Waals surface area contributed by atoms with Crippen molar-refractivity contribution >= 4 is 21.6 Å².